The number of aliphatic hydroxyl groups is 2. The highest BCUT2D eigenvalue weighted by Gasteiger charge is 2.47. The minimum atomic E-state index is -2.12. The third-order valence-corrected chi connectivity index (χ3v) is 2.48. The van der Waals surface area contributed by atoms with E-state index in [1.807, 2.05) is 0 Å². The summed E-state index contributed by atoms with van der Waals surface area (Å²) in [7, 11) is 0. The van der Waals surface area contributed by atoms with E-state index in [0.717, 1.165) is 6.26 Å². The topological polar surface area (TPSA) is 87.0 Å². The maximum atomic E-state index is 11.5. The molecule has 5 heteroatoms. The number of ether oxygens (including phenoxy) is 1. The van der Waals surface area contributed by atoms with Gasteiger partial charge in [0.15, 0.2) is 0 Å². The first-order valence-electron chi connectivity index (χ1n) is 4.63. The Labute approximate surface area is 91.2 Å². The van der Waals surface area contributed by atoms with E-state index in [4.69, 9.17) is 5.11 Å². The molecule has 2 atom stereocenters. The average molecular weight is 222 g/mol. The largest absolute Gasteiger partial charge is 0.508 e. The molecule has 1 aromatic carbocycles. The number of aromatic hydroxyl groups is 1. The van der Waals surface area contributed by atoms with Gasteiger partial charge in [-0.2, -0.15) is 0 Å². The Hall–Kier alpha value is -1.85. The third kappa shape index (κ3) is 1.46. The van der Waals surface area contributed by atoms with Crippen LogP contribution in [0.4, 0.5) is 0 Å². The maximum absolute atomic E-state index is 11.5. The minimum Gasteiger partial charge on any atom is -0.508 e. The van der Waals surface area contributed by atoms with Crippen LogP contribution in [0.1, 0.15) is 5.56 Å². The molecule has 0 spiro atoms. The van der Waals surface area contributed by atoms with Crippen molar-refractivity contribution in [3.63, 3.8) is 0 Å². The minimum absolute atomic E-state index is 0.00144. The zero-order chi connectivity index (χ0) is 11.8. The van der Waals surface area contributed by atoms with Crippen molar-refractivity contribution in [3.05, 3.63) is 42.2 Å². The van der Waals surface area contributed by atoms with Gasteiger partial charge in [-0.15, -0.1) is 0 Å². The number of carbonyl (C=O) groups excluding carboxylic acids is 1. The summed E-state index contributed by atoms with van der Waals surface area (Å²) in [6.07, 6.45) is 0.828. The van der Waals surface area contributed by atoms with E-state index in [0.29, 0.717) is 0 Å². The van der Waals surface area contributed by atoms with Crippen LogP contribution >= 0.6 is 0 Å². The average Bonchev–Trinajstić information content (AvgIpc) is 2.27. The summed E-state index contributed by atoms with van der Waals surface area (Å²) in [4.78, 5) is 11.5. The van der Waals surface area contributed by atoms with Gasteiger partial charge in [0.25, 0.3) is 0 Å². The lowest BCUT2D eigenvalue weighted by Crippen LogP contribution is -2.48. The summed E-state index contributed by atoms with van der Waals surface area (Å²) in [5.41, 5.74) is -1.96. The first-order chi connectivity index (χ1) is 7.55. The third-order valence-electron chi connectivity index (χ3n) is 2.48. The molecule has 2 rings (SSSR count). The number of hydrogen-bond donors (Lipinski definition) is 3. The van der Waals surface area contributed by atoms with Crippen molar-refractivity contribution in [2.45, 2.75) is 11.7 Å². The summed E-state index contributed by atoms with van der Waals surface area (Å²) in [6, 6.07) is 5.31. The second kappa shape index (κ2) is 3.62. The van der Waals surface area contributed by atoms with Crippen molar-refractivity contribution >= 4 is 5.97 Å². The lowest BCUT2D eigenvalue weighted by molar-refractivity contribution is -0.174. The predicted octanol–water partition coefficient (Wildman–Crippen LogP) is 0.0112. The fraction of sp³-hybridized carbons (Fsp3) is 0.182. The highest BCUT2D eigenvalue weighted by atomic mass is 16.6. The van der Waals surface area contributed by atoms with Gasteiger partial charge in [-0.3, -0.25) is 0 Å². The summed E-state index contributed by atoms with van der Waals surface area (Å²) in [5.74, 6) is -0.949. The van der Waals surface area contributed by atoms with E-state index in [1.165, 1.54) is 30.3 Å². The number of rotatable bonds is 1. The second-order valence-electron chi connectivity index (χ2n) is 3.49. The fourth-order valence-electron chi connectivity index (χ4n) is 1.53. The predicted molar refractivity (Wildman–Crippen MR) is 53.2 cm³/mol. The molecule has 1 heterocycles. The number of hydrogen-bond acceptors (Lipinski definition) is 5. The Morgan fingerprint density at radius 1 is 1.25 bits per heavy atom. The van der Waals surface area contributed by atoms with Gasteiger partial charge in [-0.05, 0) is 23.8 Å². The standard InChI is InChI=1S/C11H10O5/c12-8-3-1-7(2-4-8)11(15)9(13)5-6-16-10(11)14/h1-6,9,12-13,15H. The SMILES string of the molecule is O=C1OC=CC(O)C1(O)c1ccc(O)cc1. The number of phenolic OH excluding ortho intramolecular Hbond substituents is 1. The van der Waals surface area contributed by atoms with Crippen LogP contribution in [0.25, 0.3) is 0 Å². The Balaban J connectivity index is 2.47. The van der Waals surface area contributed by atoms with Gasteiger partial charge in [0, 0.05) is 0 Å². The molecular weight excluding hydrogens is 212 g/mol. The summed E-state index contributed by atoms with van der Waals surface area (Å²) in [5, 5.41) is 28.8. The highest BCUT2D eigenvalue weighted by Crippen LogP contribution is 2.31. The molecule has 0 fully saturated rings. The van der Waals surface area contributed by atoms with Gasteiger partial charge >= 0.3 is 5.97 Å². The molecule has 0 amide bonds. The Bertz CT molecular complexity index is 436. The Morgan fingerprint density at radius 3 is 2.44 bits per heavy atom. The van der Waals surface area contributed by atoms with Crippen LogP contribution < -0.4 is 0 Å². The lowest BCUT2D eigenvalue weighted by Gasteiger charge is -2.31. The smallest absolute Gasteiger partial charge is 0.350 e. The molecule has 5 nitrogen and oxygen atoms in total. The zero-order valence-corrected chi connectivity index (χ0v) is 8.20. The van der Waals surface area contributed by atoms with E-state index >= 15 is 0 Å². The van der Waals surface area contributed by atoms with Gasteiger partial charge in [0.05, 0.1) is 6.26 Å². The zero-order valence-electron chi connectivity index (χ0n) is 8.20. The van der Waals surface area contributed by atoms with Crippen LogP contribution in [-0.2, 0) is 15.1 Å². The molecule has 1 aliphatic heterocycles. The second-order valence-corrected chi connectivity index (χ2v) is 3.49. The molecule has 84 valence electrons. The van der Waals surface area contributed by atoms with E-state index < -0.39 is 17.7 Å². The molecule has 1 aliphatic rings. The Kier molecular flexibility index (Phi) is 2.41. The normalized spacial score (nSPS) is 28.9. The van der Waals surface area contributed by atoms with Crippen molar-refractivity contribution in [2.24, 2.45) is 0 Å². The van der Waals surface area contributed by atoms with Crippen molar-refractivity contribution < 1.29 is 24.9 Å². The van der Waals surface area contributed by atoms with Crippen molar-refractivity contribution in [1.82, 2.24) is 0 Å². The van der Waals surface area contributed by atoms with Gasteiger partial charge < -0.3 is 20.1 Å². The highest BCUT2D eigenvalue weighted by molar-refractivity contribution is 5.83. The molecular formula is C11H10O5. The maximum Gasteiger partial charge on any atom is 0.350 e. The number of benzene rings is 1. The molecule has 0 aromatic heterocycles. The monoisotopic (exact) mass is 222 g/mol. The van der Waals surface area contributed by atoms with Crippen molar-refractivity contribution in [2.75, 3.05) is 0 Å². The molecule has 1 aromatic rings. The molecule has 0 radical (unpaired) electrons. The van der Waals surface area contributed by atoms with Crippen LogP contribution in [0.5, 0.6) is 5.75 Å². The number of carbonyl (C=O) groups is 1. The van der Waals surface area contributed by atoms with Gasteiger partial charge in [0.1, 0.15) is 11.9 Å². The molecule has 16 heavy (non-hydrogen) atoms. The van der Waals surface area contributed by atoms with Crippen molar-refractivity contribution in [1.29, 1.82) is 0 Å². The first-order valence-corrected chi connectivity index (χ1v) is 4.63. The molecule has 0 saturated heterocycles. The molecule has 0 saturated carbocycles. The van der Waals surface area contributed by atoms with E-state index in [2.05, 4.69) is 4.74 Å². The van der Waals surface area contributed by atoms with Crippen LogP contribution in [0.15, 0.2) is 36.6 Å². The van der Waals surface area contributed by atoms with E-state index in [1.54, 1.807) is 0 Å². The van der Waals surface area contributed by atoms with Gasteiger partial charge in [-0.25, -0.2) is 4.79 Å². The summed E-state index contributed by atoms with van der Waals surface area (Å²) < 4.78 is 4.56. The Morgan fingerprint density at radius 2 is 1.88 bits per heavy atom. The number of phenols is 1. The number of esters is 1. The van der Waals surface area contributed by atoms with Crippen LogP contribution in [0, 0.1) is 0 Å². The number of aliphatic hydroxyl groups excluding tert-OH is 1. The van der Waals surface area contributed by atoms with Crippen LogP contribution in [0.2, 0.25) is 0 Å². The van der Waals surface area contributed by atoms with Gasteiger partial charge in [-0.1, -0.05) is 12.1 Å². The van der Waals surface area contributed by atoms with Gasteiger partial charge in [0.2, 0.25) is 5.60 Å². The molecule has 0 bridgehead atoms. The quantitative estimate of drug-likeness (QED) is 0.583. The lowest BCUT2D eigenvalue weighted by atomic mass is 9.87. The van der Waals surface area contributed by atoms with Crippen LogP contribution in [-0.4, -0.2) is 27.4 Å². The molecule has 3 N–H and O–H groups in total. The summed E-state index contributed by atoms with van der Waals surface area (Å²) in [6.45, 7) is 0. The number of cyclic esters (lactones) is 1. The fourth-order valence-corrected chi connectivity index (χ4v) is 1.53. The first kappa shape index (κ1) is 10.7. The van der Waals surface area contributed by atoms with E-state index in [9.17, 15) is 15.0 Å². The summed E-state index contributed by atoms with van der Waals surface area (Å²) >= 11 is 0. The van der Waals surface area contributed by atoms with Crippen molar-refractivity contribution in [3.8, 4) is 5.75 Å². The van der Waals surface area contributed by atoms with E-state index in [-0.39, 0.29) is 11.3 Å². The van der Waals surface area contributed by atoms with Crippen LogP contribution in [0.3, 0.4) is 0 Å². The molecule has 0 aliphatic carbocycles. The molecule has 2 unspecified atom stereocenters.